The summed E-state index contributed by atoms with van der Waals surface area (Å²) in [6.07, 6.45) is 3.76. The number of nitrogens with zero attached hydrogens (tertiary/aromatic N) is 1. The van der Waals surface area contributed by atoms with Crippen molar-refractivity contribution in [3.63, 3.8) is 0 Å². The van der Waals surface area contributed by atoms with Crippen molar-refractivity contribution in [3.05, 3.63) is 29.8 Å². The standard InChI is InChI=1S/C15H24N2/c1-3-5-13-9-14(16)11-17(10-13)15-7-4-6-12(2)8-15/h4,6-8,13-14H,3,5,9-11,16H2,1-2H3. The van der Waals surface area contributed by atoms with E-state index in [0.717, 1.165) is 12.5 Å². The zero-order chi connectivity index (χ0) is 12.3. The number of anilines is 1. The molecule has 0 saturated carbocycles. The molecule has 2 atom stereocenters. The maximum absolute atomic E-state index is 6.18. The largest absolute Gasteiger partial charge is 0.370 e. The summed E-state index contributed by atoms with van der Waals surface area (Å²) in [5, 5.41) is 0. The van der Waals surface area contributed by atoms with E-state index in [4.69, 9.17) is 5.73 Å². The number of hydrogen-bond donors (Lipinski definition) is 1. The highest BCUT2D eigenvalue weighted by molar-refractivity contribution is 5.49. The van der Waals surface area contributed by atoms with Crippen LogP contribution in [0.4, 0.5) is 5.69 Å². The number of piperidine rings is 1. The molecule has 94 valence electrons. The molecule has 2 nitrogen and oxygen atoms in total. The van der Waals surface area contributed by atoms with Gasteiger partial charge in [0.05, 0.1) is 0 Å². The fourth-order valence-electron chi connectivity index (χ4n) is 2.90. The molecule has 1 fully saturated rings. The van der Waals surface area contributed by atoms with E-state index in [1.807, 2.05) is 0 Å². The zero-order valence-corrected chi connectivity index (χ0v) is 11.0. The molecule has 2 unspecified atom stereocenters. The van der Waals surface area contributed by atoms with Gasteiger partial charge in [-0.05, 0) is 43.4 Å². The summed E-state index contributed by atoms with van der Waals surface area (Å²) in [7, 11) is 0. The highest BCUT2D eigenvalue weighted by Crippen LogP contribution is 2.25. The Kier molecular flexibility index (Phi) is 4.06. The lowest BCUT2D eigenvalue weighted by Crippen LogP contribution is -2.47. The van der Waals surface area contributed by atoms with Crippen LogP contribution in [0.15, 0.2) is 24.3 Å². The molecule has 2 heteroatoms. The highest BCUT2D eigenvalue weighted by Gasteiger charge is 2.24. The van der Waals surface area contributed by atoms with Gasteiger partial charge in [0.2, 0.25) is 0 Å². The molecule has 0 amide bonds. The van der Waals surface area contributed by atoms with Crippen LogP contribution in [-0.2, 0) is 0 Å². The second kappa shape index (κ2) is 5.54. The zero-order valence-electron chi connectivity index (χ0n) is 11.0. The van der Waals surface area contributed by atoms with E-state index in [-0.39, 0.29) is 0 Å². The molecule has 0 aliphatic carbocycles. The average Bonchev–Trinajstić information content (AvgIpc) is 2.28. The van der Waals surface area contributed by atoms with Crippen molar-refractivity contribution in [3.8, 4) is 0 Å². The van der Waals surface area contributed by atoms with E-state index in [1.54, 1.807) is 0 Å². The van der Waals surface area contributed by atoms with Crippen molar-refractivity contribution in [2.24, 2.45) is 11.7 Å². The number of hydrogen-bond acceptors (Lipinski definition) is 2. The minimum absolute atomic E-state index is 0.334. The Morgan fingerprint density at radius 2 is 2.18 bits per heavy atom. The number of benzene rings is 1. The molecular formula is C15H24N2. The van der Waals surface area contributed by atoms with E-state index in [1.165, 1.54) is 37.1 Å². The Balaban J connectivity index is 2.09. The van der Waals surface area contributed by atoms with Gasteiger partial charge < -0.3 is 10.6 Å². The molecule has 0 radical (unpaired) electrons. The minimum atomic E-state index is 0.334. The van der Waals surface area contributed by atoms with Gasteiger partial charge in [0, 0.05) is 24.8 Å². The van der Waals surface area contributed by atoms with Gasteiger partial charge >= 0.3 is 0 Å². The van der Waals surface area contributed by atoms with Crippen molar-refractivity contribution >= 4 is 5.69 Å². The first kappa shape index (κ1) is 12.4. The number of nitrogens with two attached hydrogens (primary N) is 1. The summed E-state index contributed by atoms with van der Waals surface area (Å²) >= 11 is 0. The van der Waals surface area contributed by atoms with Gasteiger partial charge in [-0.1, -0.05) is 25.5 Å². The Morgan fingerprint density at radius 1 is 1.35 bits per heavy atom. The fourth-order valence-corrected chi connectivity index (χ4v) is 2.90. The van der Waals surface area contributed by atoms with Crippen LogP contribution >= 0.6 is 0 Å². The lowest BCUT2D eigenvalue weighted by molar-refractivity contribution is 0.355. The molecule has 1 aliphatic heterocycles. The van der Waals surface area contributed by atoms with Crippen LogP contribution in [-0.4, -0.2) is 19.1 Å². The van der Waals surface area contributed by atoms with Gasteiger partial charge in [0.25, 0.3) is 0 Å². The molecule has 17 heavy (non-hydrogen) atoms. The van der Waals surface area contributed by atoms with Crippen molar-refractivity contribution in [2.75, 3.05) is 18.0 Å². The second-order valence-corrected chi connectivity index (χ2v) is 5.39. The quantitative estimate of drug-likeness (QED) is 0.868. The van der Waals surface area contributed by atoms with E-state index in [2.05, 4.69) is 43.0 Å². The number of rotatable bonds is 3. The molecule has 0 spiro atoms. The average molecular weight is 232 g/mol. The van der Waals surface area contributed by atoms with Crippen LogP contribution in [0, 0.1) is 12.8 Å². The summed E-state index contributed by atoms with van der Waals surface area (Å²) in [5.74, 6) is 0.768. The molecule has 0 bridgehead atoms. The van der Waals surface area contributed by atoms with E-state index < -0.39 is 0 Å². The molecule has 0 aromatic heterocycles. The SMILES string of the molecule is CCCC1CC(N)CN(c2cccc(C)c2)C1. The molecule has 2 rings (SSSR count). The number of aryl methyl sites for hydroxylation is 1. The van der Waals surface area contributed by atoms with Gasteiger partial charge in [-0.25, -0.2) is 0 Å². The van der Waals surface area contributed by atoms with E-state index in [9.17, 15) is 0 Å². The third kappa shape index (κ3) is 3.22. The monoisotopic (exact) mass is 232 g/mol. The smallest absolute Gasteiger partial charge is 0.0369 e. The third-order valence-corrected chi connectivity index (χ3v) is 3.63. The first-order chi connectivity index (χ1) is 8.19. The van der Waals surface area contributed by atoms with Crippen LogP contribution in [0.5, 0.6) is 0 Å². The van der Waals surface area contributed by atoms with Crippen molar-refractivity contribution in [1.82, 2.24) is 0 Å². The van der Waals surface area contributed by atoms with E-state index in [0.29, 0.717) is 6.04 Å². The normalized spacial score (nSPS) is 25.0. The summed E-state index contributed by atoms with van der Waals surface area (Å²) in [4.78, 5) is 2.46. The Labute approximate surface area is 105 Å². The van der Waals surface area contributed by atoms with Crippen LogP contribution < -0.4 is 10.6 Å². The van der Waals surface area contributed by atoms with Crippen LogP contribution in [0.2, 0.25) is 0 Å². The predicted molar refractivity (Wildman–Crippen MR) is 74.4 cm³/mol. The first-order valence-electron chi connectivity index (χ1n) is 6.76. The van der Waals surface area contributed by atoms with Crippen molar-refractivity contribution in [2.45, 2.75) is 39.2 Å². The Hall–Kier alpha value is -1.02. The fraction of sp³-hybridized carbons (Fsp3) is 0.600. The topological polar surface area (TPSA) is 29.3 Å². The highest BCUT2D eigenvalue weighted by atomic mass is 15.2. The van der Waals surface area contributed by atoms with E-state index >= 15 is 0 Å². The summed E-state index contributed by atoms with van der Waals surface area (Å²) in [6.45, 7) is 6.59. The Bertz CT molecular complexity index is 362. The van der Waals surface area contributed by atoms with Crippen LogP contribution in [0.25, 0.3) is 0 Å². The third-order valence-electron chi connectivity index (χ3n) is 3.63. The second-order valence-electron chi connectivity index (χ2n) is 5.39. The first-order valence-corrected chi connectivity index (χ1v) is 6.76. The molecule has 1 aromatic rings. The Morgan fingerprint density at radius 3 is 2.88 bits per heavy atom. The summed E-state index contributed by atoms with van der Waals surface area (Å²) in [5.41, 5.74) is 8.84. The van der Waals surface area contributed by atoms with Crippen molar-refractivity contribution < 1.29 is 0 Å². The maximum Gasteiger partial charge on any atom is 0.0369 e. The van der Waals surface area contributed by atoms with Crippen LogP contribution in [0.1, 0.15) is 31.7 Å². The maximum atomic E-state index is 6.18. The molecule has 1 heterocycles. The molecule has 2 N–H and O–H groups in total. The summed E-state index contributed by atoms with van der Waals surface area (Å²) < 4.78 is 0. The van der Waals surface area contributed by atoms with Gasteiger partial charge in [-0.15, -0.1) is 0 Å². The molecule has 1 aromatic carbocycles. The predicted octanol–water partition coefficient (Wildman–Crippen LogP) is 2.95. The minimum Gasteiger partial charge on any atom is -0.370 e. The lowest BCUT2D eigenvalue weighted by atomic mass is 9.90. The molecule has 1 saturated heterocycles. The molecular weight excluding hydrogens is 208 g/mol. The summed E-state index contributed by atoms with van der Waals surface area (Å²) in [6, 6.07) is 9.09. The van der Waals surface area contributed by atoms with Gasteiger partial charge in [0.15, 0.2) is 0 Å². The van der Waals surface area contributed by atoms with Gasteiger partial charge in [-0.3, -0.25) is 0 Å². The van der Waals surface area contributed by atoms with Gasteiger partial charge in [-0.2, -0.15) is 0 Å². The van der Waals surface area contributed by atoms with Gasteiger partial charge in [0.1, 0.15) is 0 Å². The molecule has 1 aliphatic rings. The van der Waals surface area contributed by atoms with Crippen LogP contribution in [0.3, 0.4) is 0 Å². The van der Waals surface area contributed by atoms with Crippen molar-refractivity contribution in [1.29, 1.82) is 0 Å². The lowest BCUT2D eigenvalue weighted by Gasteiger charge is -2.38.